The van der Waals surface area contributed by atoms with E-state index in [0.717, 1.165) is 70.6 Å². The van der Waals surface area contributed by atoms with Crippen molar-refractivity contribution in [2.24, 2.45) is 0 Å². The summed E-state index contributed by atoms with van der Waals surface area (Å²) >= 11 is 0. The second kappa shape index (κ2) is 50.5. The third kappa shape index (κ3) is 48.8. The molecule has 0 atom stereocenters. The minimum Gasteiger partial charge on any atom is -0.462 e. The third-order valence-corrected chi connectivity index (χ3v) is 11.9. The standard InChI is InChI=1S/C55H102O6/c1-4-7-10-13-16-19-22-25-27-30-32-35-38-41-44-47-53(56)59-50-52(61-55(58)49-46-43-40-37-34-29-24-21-18-15-12-9-6-3)51-60-54(57)48-45-42-39-36-33-31-28-26-23-20-17-14-11-8-5-2/h25-28,52H,4-24,29-51H2,1-3H3/b27-25+,28-26+. The summed E-state index contributed by atoms with van der Waals surface area (Å²) in [6.07, 6.45) is 57.3. The molecule has 0 fully saturated rings. The molecule has 0 aliphatic rings. The van der Waals surface area contributed by atoms with Crippen LogP contribution >= 0.6 is 0 Å². The molecular weight excluding hydrogens is 757 g/mol. The lowest BCUT2D eigenvalue weighted by Gasteiger charge is -2.18. The van der Waals surface area contributed by atoms with Crippen molar-refractivity contribution in [3.63, 3.8) is 0 Å². The molecule has 0 aromatic carbocycles. The van der Waals surface area contributed by atoms with Crippen LogP contribution in [0, 0.1) is 0 Å². The highest BCUT2D eigenvalue weighted by Crippen LogP contribution is 2.16. The van der Waals surface area contributed by atoms with Gasteiger partial charge in [-0.1, -0.05) is 225 Å². The Balaban J connectivity index is 4.36. The normalized spacial score (nSPS) is 11.7. The van der Waals surface area contributed by atoms with Crippen molar-refractivity contribution in [1.29, 1.82) is 0 Å². The molecule has 0 saturated carbocycles. The van der Waals surface area contributed by atoms with Crippen LogP contribution in [-0.4, -0.2) is 37.2 Å². The average Bonchev–Trinajstić information content (AvgIpc) is 3.26. The lowest BCUT2D eigenvalue weighted by atomic mass is 10.0. The fourth-order valence-corrected chi connectivity index (χ4v) is 7.84. The quantitative estimate of drug-likeness (QED) is 0.0262. The number of esters is 3. The highest BCUT2D eigenvalue weighted by atomic mass is 16.6. The van der Waals surface area contributed by atoms with Gasteiger partial charge in [-0.05, 0) is 70.6 Å². The molecule has 0 aliphatic heterocycles. The minimum atomic E-state index is -0.773. The molecule has 0 rings (SSSR count). The van der Waals surface area contributed by atoms with E-state index in [2.05, 4.69) is 45.1 Å². The zero-order chi connectivity index (χ0) is 44.4. The van der Waals surface area contributed by atoms with Gasteiger partial charge >= 0.3 is 17.9 Å². The zero-order valence-electron chi connectivity index (χ0n) is 40.9. The van der Waals surface area contributed by atoms with Crippen LogP contribution in [-0.2, 0) is 28.6 Å². The predicted octanol–water partition coefficient (Wildman–Crippen LogP) is 17.5. The maximum absolute atomic E-state index is 12.8. The topological polar surface area (TPSA) is 78.9 Å². The summed E-state index contributed by atoms with van der Waals surface area (Å²) in [5, 5.41) is 0. The number of allylic oxidation sites excluding steroid dienone is 4. The number of hydrogen-bond donors (Lipinski definition) is 0. The van der Waals surface area contributed by atoms with E-state index < -0.39 is 6.10 Å². The first-order chi connectivity index (χ1) is 30.0. The van der Waals surface area contributed by atoms with Crippen molar-refractivity contribution in [2.75, 3.05) is 13.2 Å². The molecule has 0 bridgehead atoms. The summed E-state index contributed by atoms with van der Waals surface area (Å²) in [5.74, 6) is -0.876. The fraction of sp³-hybridized carbons (Fsp3) is 0.873. The SMILES string of the molecule is CCCCCCCC/C=C/CCCCCCCC(=O)OCC(COC(=O)CCCCCCC/C=C/CCCCCCCC)OC(=O)CCCCCCCCCCCCCCC. The molecule has 358 valence electrons. The second-order valence-corrected chi connectivity index (χ2v) is 18.1. The van der Waals surface area contributed by atoms with E-state index in [1.807, 2.05) is 0 Å². The number of ether oxygens (including phenoxy) is 3. The first-order valence-corrected chi connectivity index (χ1v) is 26.8. The monoisotopic (exact) mass is 859 g/mol. The molecule has 6 nitrogen and oxygen atoms in total. The Morgan fingerprint density at radius 2 is 0.541 bits per heavy atom. The molecule has 0 aromatic heterocycles. The first kappa shape index (κ1) is 58.9. The van der Waals surface area contributed by atoms with Gasteiger partial charge in [-0.15, -0.1) is 0 Å². The van der Waals surface area contributed by atoms with Crippen LogP contribution in [0.3, 0.4) is 0 Å². The van der Waals surface area contributed by atoms with Crippen LogP contribution in [0.25, 0.3) is 0 Å². The van der Waals surface area contributed by atoms with Crippen molar-refractivity contribution in [1.82, 2.24) is 0 Å². The molecule has 0 amide bonds. The number of carbonyl (C=O) groups excluding carboxylic acids is 3. The Labute approximate surface area is 379 Å². The number of hydrogen-bond acceptors (Lipinski definition) is 6. The van der Waals surface area contributed by atoms with E-state index in [9.17, 15) is 14.4 Å². The number of carbonyl (C=O) groups is 3. The van der Waals surface area contributed by atoms with E-state index >= 15 is 0 Å². The summed E-state index contributed by atoms with van der Waals surface area (Å²) in [6.45, 7) is 6.64. The van der Waals surface area contributed by atoms with Gasteiger partial charge in [-0.2, -0.15) is 0 Å². The molecule has 0 heterocycles. The summed E-state index contributed by atoms with van der Waals surface area (Å²) in [4.78, 5) is 38.0. The summed E-state index contributed by atoms with van der Waals surface area (Å²) in [6, 6.07) is 0. The molecular formula is C55H102O6. The van der Waals surface area contributed by atoms with Crippen molar-refractivity contribution < 1.29 is 28.6 Å². The lowest BCUT2D eigenvalue weighted by molar-refractivity contribution is -0.167. The maximum atomic E-state index is 12.8. The van der Waals surface area contributed by atoms with Crippen molar-refractivity contribution in [3.8, 4) is 0 Å². The highest BCUT2D eigenvalue weighted by Gasteiger charge is 2.19. The fourth-order valence-electron chi connectivity index (χ4n) is 7.84. The van der Waals surface area contributed by atoms with Crippen LogP contribution in [0.2, 0.25) is 0 Å². The first-order valence-electron chi connectivity index (χ1n) is 26.8. The summed E-state index contributed by atoms with van der Waals surface area (Å²) in [7, 11) is 0. The van der Waals surface area contributed by atoms with Gasteiger partial charge in [0, 0.05) is 19.3 Å². The van der Waals surface area contributed by atoms with Crippen molar-refractivity contribution in [2.45, 2.75) is 297 Å². The largest absolute Gasteiger partial charge is 0.462 e. The van der Waals surface area contributed by atoms with E-state index in [-0.39, 0.29) is 31.1 Å². The molecule has 0 N–H and O–H groups in total. The molecule has 0 radical (unpaired) electrons. The Kier molecular flexibility index (Phi) is 48.8. The van der Waals surface area contributed by atoms with Gasteiger partial charge in [0.1, 0.15) is 13.2 Å². The van der Waals surface area contributed by atoms with E-state index in [0.29, 0.717) is 19.3 Å². The molecule has 0 unspecified atom stereocenters. The molecule has 6 heteroatoms. The Bertz CT molecular complexity index is 933. The minimum absolute atomic E-state index is 0.0745. The average molecular weight is 859 g/mol. The summed E-state index contributed by atoms with van der Waals surface area (Å²) in [5.41, 5.74) is 0. The summed E-state index contributed by atoms with van der Waals surface area (Å²) < 4.78 is 16.8. The maximum Gasteiger partial charge on any atom is 0.306 e. The Morgan fingerprint density at radius 3 is 0.820 bits per heavy atom. The molecule has 0 aromatic rings. The number of unbranched alkanes of at least 4 members (excludes halogenated alkanes) is 34. The van der Waals surface area contributed by atoms with E-state index in [1.165, 1.54) is 180 Å². The van der Waals surface area contributed by atoms with E-state index in [4.69, 9.17) is 14.2 Å². The predicted molar refractivity (Wildman–Crippen MR) is 261 cm³/mol. The second-order valence-electron chi connectivity index (χ2n) is 18.1. The van der Waals surface area contributed by atoms with Gasteiger partial charge in [0.05, 0.1) is 0 Å². The van der Waals surface area contributed by atoms with Crippen molar-refractivity contribution >= 4 is 17.9 Å². The van der Waals surface area contributed by atoms with Gasteiger partial charge in [-0.3, -0.25) is 14.4 Å². The molecule has 0 aliphatic carbocycles. The highest BCUT2D eigenvalue weighted by molar-refractivity contribution is 5.71. The zero-order valence-corrected chi connectivity index (χ0v) is 40.9. The Hall–Kier alpha value is -2.11. The number of rotatable bonds is 49. The van der Waals surface area contributed by atoms with Crippen LogP contribution in [0.4, 0.5) is 0 Å². The molecule has 0 spiro atoms. The van der Waals surface area contributed by atoms with Crippen LogP contribution in [0.1, 0.15) is 290 Å². The smallest absolute Gasteiger partial charge is 0.306 e. The lowest BCUT2D eigenvalue weighted by Crippen LogP contribution is -2.30. The van der Waals surface area contributed by atoms with Gasteiger partial charge in [0.15, 0.2) is 6.10 Å². The van der Waals surface area contributed by atoms with E-state index in [1.54, 1.807) is 0 Å². The Morgan fingerprint density at radius 1 is 0.311 bits per heavy atom. The third-order valence-electron chi connectivity index (χ3n) is 11.9. The van der Waals surface area contributed by atoms with Crippen LogP contribution < -0.4 is 0 Å². The van der Waals surface area contributed by atoms with Gasteiger partial charge in [0.2, 0.25) is 0 Å². The van der Waals surface area contributed by atoms with Crippen molar-refractivity contribution in [3.05, 3.63) is 24.3 Å². The van der Waals surface area contributed by atoms with Crippen LogP contribution in [0.5, 0.6) is 0 Å². The van der Waals surface area contributed by atoms with Gasteiger partial charge in [-0.25, -0.2) is 0 Å². The van der Waals surface area contributed by atoms with Gasteiger partial charge in [0.25, 0.3) is 0 Å². The molecule has 61 heavy (non-hydrogen) atoms. The van der Waals surface area contributed by atoms with Gasteiger partial charge < -0.3 is 14.2 Å². The molecule has 0 saturated heterocycles. The van der Waals surface area contributed by atoms with Crippen LogP contribution in [0.15, 0.2) is 24.3 Å².